The van der Waals surface area contributed by atoms with Crippen LogP contribution in [0.4, 0.5) is 11.4 Å². The number of anilines is 2. The Kier molecular flexibility index (Phi) is 10.1. The van der Waals surface area contributed by atoms with E-state index in [0.29, 0.717) is 13.0 Å². The minimum atomic E-state index is -0.440. The molecule has 4 rings (SSSR count). The van der Waals surface area contributed by atoms with E-state index in [9.17, 15) is 9.59 Å². The third-order valence-electron chi connectivity index (χ3n) is 7.59. The first-order chi connectivity index (χ1) is 19.4. The Morgan fingerprint density at radius 3 is 2.23 bits per heavy atom. The van der Waals surface area contributed by atoms with Gasteiger partial charge in [-0.1, -0.05) is 67.8 Å². The van der Waals surface area contributed by atoms with E-state index in [4.69, 9.17) is 9.47 Å². The Morgan fingerprint density at radius 1 is 0.900 bits per heavy atom. The van der Waals surface area contributed by atoms with Crippen LogP contribution >= 0.6 is 0 Å². The second-order valence-electron chi connectivity index (χ2n) is 10.7. The van der Waals surface area contributed by atoms with Crippen LogP contribution in [0.3, 0.4) is 0 Å². The molecule has 1 saturated carbocycles. The molecule has 0 radical (unpaired) electrons. The molecule has 0 bridgehead atoms. The number of ether oxygens (including phenoxy) is 2. The van der Waals surface area contributed by atoms with Gasteiger partial charge in [0.05, 0.1) is 12.0 Å². The summed E-state index contributed by atoms with van der Waals surface area (Å²) in [5, 5.41) is 3.18. The standard InChI is InChI=1S/C34H40N2O4/c1-36(2)31-17-15-29(16-18-31)28-13-10-27(11-14-28)25-34(20-5-4-6-21-34)33(38)35-30-9-7-8-26(24-30)12-19-32(37)40-23-22-39-3/h7-19,24H,4-6,20-23,25H2,1-3H3,(H,35,38)/b19-12+. The highest BCUT2D eigenvalue weighted by Crippen LogP contribution is 2.41. The summed E-state index contributed by atoms with van der Waals surface area (Å²) in [4.78, 5) is 27.7. The Labute approximate surface area is 238 Å². The third-order valence-corrected chi connectivity index (χ3v) is 7.59. The molecule has 0 unspecified atom stereocenters. The average Bonchev–Trinajstić information content (AvgIpc) is 2.97. The van der Waals surface area contributed by atoms with Crippen LogP contribution in [0.2, 0.25) is 0 Å². The summed E-state index contributed by atoms with van der Waals surface area (Å²) in [6.45, 7) is 0.572. The molecule has 1 fully saturated rings. The normalized spacial score (nSPS) is 14.6. The van der Waals surface area contributed by atoms with Gasteiger partial charge in [-0.25, -0.2) is 4.79 Å². The van der Waals surface area contributed by atoms with Crippen molar-refractivity contribution in [3.8, 4) is 11.1 Å². The fourth-order valence-electron chi connectivity index (χ4n) is 5.29. The molecule has 1 N–H and O–H groups in total. The first-order valence-electron chi connectivity index (χ1n) is 14.0. The minimum Gasteiger partial charge on any atom is -0.460 e. The van der Waals surface area contributed by atoms with Crippen molar-refractivity contribution >= 4 is 29.3 Å². The molecule has 0 spiro atoms. The topological polar surface area (TPSA) is 67.9 Å². The second kappa shape index (κ2) is 13.9. The van der Waals surface area contributed by atoms with E-state index < -0.39 is 11.4 Å². The van der Waals surface area contributed by atoms with Crippen LogP contribution in [0.25, 0.3) is 17.2 Å². The summed E-state index contributed by atoms with van der Waals surface area (Å²) >= 11 is 0. The summed E-state index contributed by atoms with van der Waals surface area (Å²) < 4.78 is 9.97. The van der Waals surface area contributed by atoms with Crippen molar-refractivity contribution in [3.05, 3.63) is 90.0 Å². The molecule has 0 aromatic heterocycles. The zero-order valence-electron chi connectivity index (χ0n) is 23.8. The van der Waals surface area contributed by atoms with Gasteiger partial charge in [0.2, 0.25) is 5.91 Å². The summed E-state index contributed by atoms with van der Waals surface area (Å²) in [5.74, 6) is -0.361. The van der Waals surface area contributed by atoms with Crippen LogP contribution in [0.5, 0.6) is 0 Å². The van der Waals surface area contributed by atoms with Crippen molar-refractivity contribution in [2.24, 2.45) is 5.41 Å². The highest BCUT2D eigenvalue weighted by Gasteiger charge is 2.39. The fourth-order valence-corrected chi connectivity index (χ4v) is 5.29. The molecule has 1 aliphatic rings. The highest BCUT2D eigenvalue weighted by atomic mass is 16.6. The lowest BCUT2D eigenvalue weighted by Gasteiger charge is -2.36. The predicted molar refractivity (Wildman–Crippen MR) is 162 cm³/mol. The first kappa shape index (κ1) is 29.1. The molecule has 0 saturated heterocycles. The van der Waals surface area contributed by atoms with Gasteiger partial charge >= 0.3 is 5.97 Å². The number of hydrogen-bond donors (Lipinski definition) is 1. The Hall–Kier alpha value is -3.90. The van der Waals surface area contributed by atoms with Gasteiger partial charge in [-0.3, -0.25) is 4.79 Å². The van der Waals surface area contributed by atoms with E-state index in [1.165, 1.54) is 28.5 Å². The second-order valence-corrected chi connectivity index (χ2v) is 10.7. The molecule has 6 heteroatoms. The van der Waals surface area contributed by atoms with Crippen LogP contribution < -0.4 is 10.2 Å². The van der Waals surface area contributed by atoms with E-state index in [1.807, 2.05) is 38.4 Å². The van der Waals surface area contributed by atoms with Crippen molar-refractivity contribution in [2.75, 3.05) is 44.6 Å². The van der Waals surface area contributed by atoms with E-state index in [-0.39, 0.29) is 12.5 Å². The van der Waals surface area contributed by atoms with Crippen LogP contribution in [-0.2, 0) is 25.5 Å². The lowest BCUT2D eigenvalue weighted by molar-refractivity contribution is -0.138. The van der Waals surface area contributed by atoms with Crippen LogP contribution in [-0.4, -0.2) is 46.3 Å². The molecule has 210 valence electrons. The number of benzene rings is 3. The van der Waals surface area contributed by atoms with Crippen molar-refractivity contribution < 1.29 is 19.1 Å². The molecule has 0 atom stereocenters. The number of esters is 1. The Bertz CT molecular complexity index is 1290. The maximum atomic E-state index is 13.8. The van der Waals surface area contributed by atoms with Gasteiger partial charge in [-0.2, -0.15) is 0 Å². The molecule has 40 heavy (non-hydrogen) atoms. The Balaban J connectivity index is 1.44. The molecule has 0 aliphatic heterocycles. The van der Waals surface area contributed by atoms with E-state index in [0.717, 1.165) is 43.4 Å². The number of rotatable bonds is 11. The minimum absolute atomic E-state index is 0.0654. The van der Waals surface area contributed by atoms with Gasteiger partial charge in [-0.05, 0) is 71.9 Å². The number of carbonyl (C=O) groups excluding carboxylic acids is 2. The molecular weight excluding hydrogens is 500 g/mol. The molecule has 1 amide bonds. The molecule has 3 aromatic rings. The fraction of sp³-hybridized carbons (Fsp3) is 0.353. The highest BCUT2D eigenvalue weighted by molar-refractivity contribution is 5.96. The lowest BCUT2D eigenvalue weighted by atomic mass is 9.69. The molecular formula is C34H40N2O4. The molecule has 0 heterocycles. The smallest absolute Gasteiger partial charge is 0.330 e. The van der Waals surface area contributed by atoms with Crippen molar-refractivity contribution in [1.29, 1.82) is 0 Å². The van der Waals surface area contributed by atoms with E-state index in [1.54, 1.807) is 13.2 Å². The van der Waals surface area contributed by atoms with Gasteiger partial charge in [-0.15, -0.1) is 0 Å². The first-order valence-corrected chi connectivity index (χ1v) is 14.0. The quantitative estimate of drug-likeness (QED) is 0.165. The average molecular weight is 541 g/mol. The number of methoxy groups -OCH3 is 1. The van der Waals surface area contributed by atoms with E-state index in [2.05, 4.69) is 58.7 Å². The van der Waals surface area contributed by atoms with Gasteiger partial charge in [0, 0.05) is 38.7 Å². The SMILES string of the molecule is COCCOC(=O)/C=C/c1cccc(NC(=O)C2(Cc3ccc(-c4ccc(N(C)C)cc4)cc3)CCCCC2)c1. The van der Waals surface area contributed by atoms with Gasteiger partial charge in [0.1, 0.15) is 6.61 Å². The molecule has 6 nitrogen and oxygen atoms in total. The Morgan fingerprint density at radius 2 is 1.57 bits per heavy atom. The van der Waals surface area contributed by atoms with Crippen LogP contribution in [0.1, 0.15) is 43.2 Å². The maximum absolute atomic E-state index is 13.8. The molecule has 1 aliphatic carbocycles. The van der Waals surface area contributed by atoms with Gasteiger partial charge in [0.25, 0.3) is 0 Å². The predicted octanol–water partition coefficient (Wildman–Crippen LogP) is 6.75. The maximum Gasteiger partial charge on any atom is 0.330 e. The monoisotopic (exact) mass is 540 g/mol. The summed E-state index contributed by atoms with van der Waals surface area (Å²) in [6.07, 6.45) is 8.81. The lowest BCUT2D eigenvalue weighted by Crippen LogP contribution is -2.40. The van der Waals surface area contributed by atoms with Crippen LogP contribution in [0.15, 0.2) is 78.9 Å². The summed E-state index contributed by atoms with van der Waals surface area (Å²) in [5.41, 5.74) is 5.80. The zero-order chi connectivity index (χ0) is 28.4. The van der Waals surface area contributed by atoms with Crippen molar-refractivity contribution in [3.63, 3.8) is 0 Å². The van der Waals surface area contributed by atoms with E-state index >= 15 is 0 Å². The van der Waals surface area contributed by atoms with Crippen molar-refractivity contribution in [2.45, 2.75) is 38.5 Å². The number of carbonyl (C=O) groups is 2. The number of hydrogen-bond acceptors (Lipinski definition) is 5. The van der Waals surface area contributed by atoms with Gasteiger partial charge in [0.15, 0.2) is 0 Å². The van der Waals surface area contributed by atoms with Gasteiger partial charge < -0.3 is 19.7 Å². The zero-order valence-corrected chi connectivity index (χ0v) is 23.8. The summed E-state index contributed by atoms with van der Waals surface area (Å²) in [6, 6.07) is 24.7. The molecule has 3 aromatic carbocycles. The number of nitrogens with one attached hydrogen (secondary N) is 1. The summed E-state index contributed by atoms with van der Waals surface area (Å²) in [7, 11) is 5.64. The largest absolute Gasteiger partial charge is 0.460 e. The third kappa shape index (κ3) is 7.82. The number of nitrogens with zero attached hydrogens (tertiary/aromatic N) is 1. The number of amides is 1. The van der Waals surface area contributed by atoms with Crippen LogP contribution in [0, 0.1) is 5.41 Å². The van der Waals surface area contributed by atoms with Crippen molar-refractivity contribution in [1.82, 2.24) is 0 Å².